The van der Waals surface area contributed by atoms with Gasteiger partial charge in [-0.15, -0.1) is 6.42 Å². The van der Waals surface area contributed by atoms with Gasteiger partial charge in [0.2, 0.25) is 5.91 Å². The van der Waals surface area contributed by atoms with Crippen molar-refractivity contribution in [3.8, 4) is 12.3 Å². The van der Waals surface area contributed by atoms with E-state index in [9.17, 15) is 4.79 Å². The fourth-order valence-electron chi connectivity index (χ4n) is 2.08. The van der Waals surface area contributed by atoms with Crippen molar-refractivity contribution in [1.82, 2.24) is 15.5 Å². The van der Waals surface area contributed by atoms with E-state index in [4.69, 9.17) is 6.42 Å². The first-order valence-electron chi connectivity index (χ1n) is 7.41. The van der Waals surface area contributed by atoms with Crippen LogP contribution in [0.1, 0.15) is 25.0 Å². The maximum absolute atomic E-state index is 11.7. The molecule has 0 aromatic heterocycles. The Bertz CT molecular complexity index is 475. The Hall–Kier alpha value is -1.83. The van der Waals surface area contributed by atoms with Crippen molar-refractivity contribution in [2.45, 2.75) is 26.9 Å². The first-order valence-corrected chi connectivity index (χ1v) is 7.41. The van der Waals surface area contributed by atoms with E-state index in [2.05, 4.69) is 47.4 Å². The van der Waals surface area contributed by atoms with Gasteiger partial charge in [-0.25, -0.2) is 0 Å². The largest absolute Gasteiger partial charge is 0.351 e. The second kappa shape index (κ2) is 9.98. The first kappa shape index (κ1) is 17.2. The number of amides is 1. The highest BCUT2D eigenvalue weighted by molar-refractivity contribution is 5.78. The predicted molar refractivity (Wildman–Crippen MR) is 86.6 cm³/mol. The molecule has 0 heterocycles. The van der Waals surface area contributed by atoms with Crippen LogP contribution in [0.25, 0.3) is 0 Å². The lowest BCUT2D eigenvalue weighted by Gasteiger charge is -2.20. The Balaban J connectivity index is 2.55. The van der Waals surface area contributed by atoms with Gasteiger partial charge in [0.25, 0.3) is 0 Å². The molecule has 0 radical (unpaired) electrons. The number of terminal acetylenes is 1. The molecule has 0 saturated heterocycles. The maximum Gasteiger partial charge on any atom is 0.234 e. The molecule has 0 atom stereocenters. The van der Waals surface area contributed by atoms with Gasteiger partial charge in [-0.3, -0.25) is 15.0 Å². The quantitative estimate of drug-likeness (QED) is 0.532. The van der Waals surface area contributed by atoms with Gasteiger partial charge in [-0.1, -0.05) is 44.0 Å². The summed E-state index contributed by atoms with van der Waals surface area (Å²) >= 11 is 0. The van der Waals surface area contributed by atoms with E-state index < -0.39 is 0 Å². The molecule has 1 aromatic carbocycles. The number of hydrogen-bond donors (Lipinski definition) is 2. The van der Waals surface area contributed by atoms with Crippen LogP contribution >= 0.6 is 0 Å². The molecular weight excluding hydrogens is 262 g/mol. The smallest absolute Gasteiger partial charge is 0.234 e. The number of rotatable bonds is 9. The van der Waals surface area contributed by atoms with E-state index in [-0.39, 0.29) is 12.5 Å². The van der Waals surface area contributed by atoms with Gasteiger partial charge in [0.05, 0.1) is 13.1 Å². The zero-order chi connectivity index (χ0) is 15.5. The zero-order valence-corrected chi connectivity index (χ0v) is 13.0. The lowest BCUT2D eigenvalue weighted by atomic mass is 10.1. The summed E-state index contributed by atoms with van der Waals surface area (Å²) in [5.74, 6) is 2.40. The van der Waals surface area contributed by atoms with Crippen LogP contribution < -0.4 is 10.6 Å². The average Bonchev–Trinajstić information content (AvgIpc) is 2.51. The number of nitrogens with one attached hydrogen (secondary N) is 2. The molecule has 2 N–H and O–H groups in total. The summed E-state index contributed by atoms with van der Waals surface area (Å²) in [5.41, 5.74) is 2.42. The molecule has 0 bridgehead atoms. The number of carbonyl (C=O) groups excluding carboxylic acids is 1. The molecule has 0 aliphatic rings. The normalized spacial score (nSPS) is 10.4. The van der Waals surface area contributed by atoms with Crippen LogP contribution in [0.15, 0.2) is 24.3 Å². The number of hydrogen-bond acceptors (Lipinski definition) is 3. The van der Waals surface area contributed by atoms with Crippen LogP contribution in [-0.4, -0.2) is 37.0 Å². The van der Waals surface area contributed by atoms with Gasteiger partial charge in [0, 0.05) is 13.1 Å². The highest BCUT2D eigenvalue weighted by atomic mass is 16.1. The van der Waals surface area contributed by atoms with Crippen molar-refractivity contribution in [2.24, 2.45) is 0 Å². The molecule has 0 fully saturated rings. The van der Waals surface area contributed by atoms with E-state index in [1.165, 1.54) is 5.56 Å². The number of carbonyl (C=O) groups is 1. The summed E-state index contributed by atoms with van der Waals surface area (Å²) in [6, 6.07) is 8.23. The summed E-state index contributed by atoms with van der Waals surface area (Å²) in [5, 5.41) is 5.80. The maximum atomic E-state index is 11.7. The minimum atomic E-state index is -0.0390. The second-order valence-corrected chi connectivity index (χ2v) is 4.81. The van der Waals surface area contributed by atoms with Crippen molar-refractivity contribution in [3.63, 3.8) is 0 Å². The molecule has 114 valence electrons. The fraction of sp³-hybridized carbons (Fsp3) is 0.471. The average molecular weight is 287 g/mol. The minimum absolute atomic E-state index is 0.0390. The first-order chi connectivity index (χ1) is 10.2. The summed E-state index contributed by atoms with van der Waals surface area (Å²) in [7, 11) is 0. The summed E-state index contributed by atoms with van der Waals surface area (Å²) in [6.45, 7) is 8.48. The van der Waals surface area contributed by atoms with E-state index in [1.54, 1.807) is 0 Å². The minimum Gasteiger partial charge on any atom is -0.351 e. The van der Waals surface area contributed by atoms with E-state index in [1.807, 2.05) is 12.1 Å². The van der Waals surface area contributed by atoms with Crippen LogP contribution in [-0.2, 0) is 17.9 Å². The number of nitrogens with zero attached hydrogens (tertiary/aromatic N) is 1. The molecule has 4 heteroatoms. The molecule has 0 aliphatic heterocycles. The highest BCUT2D eigenvalue weighted by Crippen LogP contribution is 2.11. The molecular formula is C17H25N3O. The molecule has 21 heavy (non-hydrogen) atoms. The van der Waals surface area contributed by atoms with Gasteiger partial charge in [-0.05, 0) is 24.2 Å². The lowest BCUT2D eigenvalue weighted by Crippen LogP contribution is -2.34. The molecule has 4 nitrogen and oxygen atoms in total. The molecule has 1 aromatic rings. The van der Waals surface area contributed by atoms with Gasteiger partial charge in [0.15, 0.2) is 0 Å². The third-order valence-corrected chi connectivity index (χ3v) is 3.40. The summed E-state index contributed by atoms with van der Waals surface area (Å²) in [4.78, 5) is 14.0. The molecule has 0 saturated carbocycles. The van der Waals surface area contributed by atoms with Crippen molar-refractivity contribution < 1.29 is 4.79 Å². The molecule has 0 spiro atoms. The fourth-order valence-corrected chi connectivity index (χ4v) is 2.08. The van der Waals surface area contributed by atoms with Crippen LogP contribution in [0.2, 0.25) is 0 Å². The third-order valence-electron chi connectivity index (χ3n) is 3.40. The Kier molecular flexibility index (Phi) is 8.18. The SMILES string of the molecule is C#CCNCC(=O)NCc1ccccc1CN(CC)CC. The highest BCUT2D eigenvalue weighted by Gasteiger charge is 2.07. The van der Waals surface area contributed by atoms with Crippen LogP contribution in [0.4, 0.5) is 0 Å². The van der Waals surface area contributed by atoms with Crippen molar-refractivity contribution in [1.29, 1.82) is 0 Å². The van der Waals surface area contributed by atoms with Crippen molar-refractivity contribution >= 4 is 5.91 Å². The second-order valence-electron chi connectivity index (χ2n) is 4.81. The molecule has 0 aliphatic carbocycles. The Morgan fingerprint density at radius 2 is 1.90 bits per heavy atom. The van der Waals surface area contributed by atoms with E-state index >= 15 is 0 Å². The predicted octanol–water partition coefficient (Wildman–Crippen LogP) is 1.37. The third kappa shape index (κ3) is 6.44. The Morgan fingerprint density at radius 3 is 2.52 bits per heavy atom. The van der Waals surface area contributed by atoms with Gasteiger partial charge < -0.3 is 5.32 Å². The topological polar surface area (TPSA) is 44.4 Å². The zero-order valence-electron chi connectivity index (χ0n) is 13.0. The number of benzene rings is 1. The van der Waals surface area contributed by atoms with Crippen molar-refractivity contribution in [3.05, 3.63) is 35.4 Å². The van der Waals surface area contributed by atoms with Gasteiger partial charge in [0.1, 0.15) is 0 Å². The van der Waals surface area contributed by atoms with Crippen LogP contribution in [0.3, 0.4) is 0 Å². The van der Waals surface area contributed by atoms with E-state index in [0.29, 0.717) is 13.1 Å². The summed E-state index contributed by atoms with van der Waals surface area (Å²) < 4.78 is 0. The lowest BCUT2D eigenvalue weighted by molar-refractivity contribution is -0.120. The molecule has 1 rings (SSSR count). The van der Waals surface area contributed by atoms with Crippen LogP contribution in [0, 0.1) is 12.3 Å². The monoisotopic (exact) mass is 287 g/mol. The Labute approximate surface area is 127 Å². The summed E-state index contributed by atoms with van der Waals surface area (Å²) in [6.07, 6.45) is 5.12. The van der Waals surface area contributed by atoms with Gasteiger partial charge in [-0.2, -0.15) is 0 Å². The van der Waals surface area contributed by atoms with E-state index in [0.717, 1.165) is 25.2 Å². The van der Waals surface area contributed by atoms with Gasteiger partial charge >= 0.3 is 0 Å². The molecule has 0 unspecified atom stereocenters. The van der Waals surface area contributed by atoms with Crippen LogP contribution in [0.5, 0.6) is 0 Å². The standard InChI is InChI=1S/C17H25N3O/c1-4-11-18-13-17(21)19-12-15-9-7-8-10-16(15)14-20(5-2)6-3/h1,7-10,18H,5-6,11-14H2,2-3H3,(H,19,21). The Morgan fingerprint density at radius 1 is 1.24 bits per heavy atom. The molecule has 1 amide bonds. The van der Waals surface area contributed by atoms with Crippen molar-refractivity contribution in [2.75, 3.05) is 26.2 Å².